The summed E-state index contributed by atoms with van der Waals surface area (Å²) in [5, 5.41) is 10.8. The molecule has 0 radical (unpaired) electrons. The lowest BCUT2D eigenvalue weighted by Crippen LogP contribution is -2.48. The average Bonchev–Trinajstić information content (AvgIpc) is 2.68. The number of hydrogen-bond donors (Lipinski definition) is 0. The highest BCUT2D eigenvalue weighted by atomic mass is 35.5. The monoisotopic (exact) mass is 388 g/mol. The molecule has 1 fully saturated rings. The van der Waals surface area contributed by atoms with Gasteiger partial charge in [-0.25, -0.2) is 13.4 Å². The topological polar surface area (TPSA) is 77.3 Å². The molecule has 0 unspecified atom stereocenters. The quantitative estimate of drug-likeness (QED) is 0.804. The van der Waals surface area contributed by atoms with Gasteiger partial charge in [0.15, 0.2) is 0 Å². The van der Waals surface area contributed by atoms with E-state index in [0.717, 1.165) is 5.56 Å². The molecule has 2 heterocycles. The molecule has 1 aliphatic rings. The molecule has 1 aromatic heterocycles. The summed E-state index contributed by atoms with van der Waals surface area (Å²) in [4.78, 5) is 6.25. The molecule has 2 aromatic rings. The van der Waals surface area contributed by atoms with E-state index in [2.05, 4.69) is 11.1 Å². The van der Waals surface area contributed by atoms with E-state index in [4.69, 9.17) is 16.9 Å². The Morgan fingerprint density at radius 1 is 1.12 bits per heavy atom. The highest BCUT2D eigenvalue weighted by molar-refractivity contribution is 7.92. The third-order valence-electron chi connectivity index (χ3n) is 4.10. The van der Waals surface area contributed by atoms with Gasteiger partial charge >= 0.3 is 0 Å². The van der Waals surface area contributed by atoms with Crippen molar-refractivity contribution in [2.75, 3.05) is 31.1 Å². The molecule has 0 aliphatic carbocycles. The molecular weight excluding hydrogens is 372 g/mol. The molecule has 6 nitrogen and oxygen atoms in total. The van der Waals surface area contributed by atoms with Gasteiger partial charge < -0.3 is 4.90 Å². The molecule has 1 aromatic carbocycles. The van der Waals surface area contributed by atoms with Crippen LogP contribution in [0.3, 0.4) is 0 Å². The molecule has 134 valence electrons. The van der Waals surface area contributed by atoms with Gasteiger partial charge in [-0.3, -0.25) is 0 Å². The maximum absolute atomic E-state index is 12.5. The number of hydrogen-bond acceptors (Lipinski definition) is 5. The van der Waals surface area contributed by atoms with Crippen molar-refractivity contribution in [1.29, 1.82) is 5.26 Å². The summed E-state index contributed by atoms with van der Waals surface area (Å²) in [6.07, 6.45) is 3.15. The lowest BCUT2D eigenvalue weighted by molar-refractivity contribution is 0.389. The van der Waals surface area contributed by atoms with Crippen LogP contribution in [0.25, 0.3) is 6.08 Å². The van der Waals surface area contributed by atoms with E-state index in [1.807, 2.05) is 4.90 Å². The molecule has 0 bridgehead atoms. The van der Waals surface area contributed by atoms with Crippen molar-refractivity contribution in [3.05, 3.63) is 64.2 Å². The van der Waals surface area contributed by atoms with Crippen LogP contribution in [0.4, 0.5) is 5.82 Å². The van der Waals surface area contributed by atoms with E-state index in [0.29, 0.717) is 42.6 Å². The average molecular weight is 389 g/mol. The van der Waals surface area contributed by atoms with Gasteiger partial charge in [0.25, 0.3) is 0 Å². The fourth-order valence-corrected chi connectivity index (χ4v) is 3.96. The van der Waals surface area contributed by atoms with Crippen molar-refractivity contribution in [1.82, 2.24) is 9.29 Å². The molecule has 1 saturated heterocycles. The Balaban J connectivity index is 1.64. The second-order valence-corrected chi connectivity index (χ2v) is 8.05. The molecule has 0 atom stereocenters. The fraction of sp³-hybridized carbons (Fsp3) is 0.222. The van der Waals surface area contributed by atoms with Crippen LogP contribution < -0.4 is 4.90 Å². The van der Waals surface area contributed by atoms with Crippen LogP contribution in [0.1, 0.15) is 11.1 Å². The maximum Gasteiger partial charge on any atom is 0.236 e. The zero-order valence-corrected chi connectivity index (χ0v) is 15.5. The van der Waals surface area contributed by atoms with Crippen molar-refractivity contribution in [2.24, 2.45) is 0 Å². The van der Waals surface area contributed by atoms with Crippen molar-refractivity contribution in [2.45, 2.75) is 0 Å². The summed E-state index contributed by atoms with van der Waals surface area (Å²) >= 11 is 5.83. The Labute approximate surface area is 158 Å². The number of halogens is 1. The van der Waals surface area contributed by atoms with Gasteiger partial charge in [0.1, 0.15) is 5.82 Å². The number of sulfonamides is 1. The number of aromatic nitrogens is 1. The Bertz CT molecular complexity index is 944. The summed E-state index contributed by atoms with van der Waals surface area (Å²) in [5.74, 6) is 0.692. The zero-order valence-electron chi connectivity index (χ0n) is 13.9. The standard InChI is InChI=1S/C18H17ClN4O2S/c19-17-3-1-15(2-4-17)6-12-26(24,25)23-10-8-22(9-11-23)18-13-16(14-20)5-7-21-18/h1-7,12-13H,8-11H2/b12-6+. The minimum atomic E-state index is -3.49. The van der Waals surface area contributed by atoms with Crippen LogP contribution in [0.2, 0.25) is 5.02 Å². The minimum absolute atomic E-state index is 0.367. The first-order chi connectivity index (χ1) is 12.5. The molecule has 0 saturated carbocycles. The number of anilines is 1. The molecule has 0 amide bonds. The predicted molar refractivity (Wildman–Crippen MR) is 102 cm³/mol. The molecule has 3 rings (SSSR count). The highest BCUT2D eigenvalue weighted by Crippen LogP contribution is 2.18. The third kappa shape index (κ3) is 4.41. The van der Waals surface area contributed by atoms with Crippen LogP contribution >= 0.6 is 11.6 Å². The maximum atomic E-state index is 12.5. The lowest BCUT2D eigenvalue weighted by Gasteiger charge is -2.34. The van der Waals surface area contributed by atoms with Gasteiger partial charge in [-0.05, 0) is 35.9 Å². The number of rotatable bonds is 4. The first kappa shape index (κ1) is 18.4. The van der Waals surface area contributed by atoms with Gasteiger partial charge in [0, 0.05) is 42.8 Å². The summed E-state index contributed by atoms with van der Waals surface area (Å²) < 4.78 is 26.5. The van der Waals surface area contributed by atoms with Crippen LogP contribution in [-0.2, 0) is 10.0 Å². The number of piperazine rings is 1. The van der Waals surface area contributed by atoms with Crippen molar-refractivity contribution in [3.8, 4) is 6.07 Å². The van der Waals surface area contributed by atoms with Gasteiger partial charge in [-0.2, -0.15) is 9.57 Å². The Hall–Kier alpha value is -2.40. The Morgan fingerprint density at radius 2 is 1.81 bits per heavy atom. The van der Waals surface area contributed by atoms with E-state index in [-0.39, 0.29) is 0 Å². The van der Waals surface area contributed by atoms with E-state index >= 15 is 0 Å². The number of pyridine rings is 1. The minimum Gasteiger partial charge on any atom is -0.354 e. The van der Waals surface area contributed by atoms with Gasteiger partial charge in [0.2, 0.25) is 10.0 Å². The van der Waals surface area contributed by atoms with Crippen molar-refractivity contribution < 1.29 is 8.42 Å². The first-order valence-electron chi connectivity index (χ1n) is 8.03. The molecule has 0 spiro atoms. The van der Waals surface area contributed by atoms with Crippen molar-refractivity contribution in [3.63, 3.8) is 0 Å². The van der Waals surface area contributed by atoms with Crippen LogP contribution in [0.15, 0.2) is 48.0 Å². The molecule has 8 heteroatoms. The Morgan fingerprint density at radius 3 is 2.46 bits per heavy atom. The summed E-state index contributed by atoms with van der Waals surface area (Å²) in [5.41, 5.74) is 1.31. The molecule has 0 N–H and O–H groups in total. The SMILES string of the molecule is N#Cc1ccnc(N2CCN(S(=O)(=O)/C=C/c3ccc(Cl)cc3)CC2)c1. The van der Waals surface area contributed by atoms with Crippen LogP contribution in [0, 0.1) is 11.3 Å². The van der Waals surface area contributed by atoms with Gasteiger partial charge in [-0.1, -0.05) is 23.7 Å². The van der Waals surface area contributed by atoms with E-state index in [9.17, 15) is 8.42 Å². The summed E-state index contributed by atoms with van der Waals surface area (Å²) in [6, 6.07) is 12.4. The smallest absolute Gasteiger partial charge is 0.236 e. The van der Waals surface area contributed by atoms with Gasteiger partial charge in [0.05, 0.1) is 11.6 Å². The molecular formula is C18H17ClN4O2S. The largest absolute Gasteiger partial charge is 0.354 e. The summed E-state index contributed by atoms with van der Waals surface area (Å²) in [7, 11) is -3.49. The number of nitriles is 1. The van der Waals surface area contributed by atoms with Gasteiger partial charge in [-0.15, -0.1) is 0 Å². The highest BCUT2D eigenvalue weighted by Gasteiger charge is 2.25. The van der Waals surface area contributed by atoms with Crippen molar-refractivity contribution >= 4 is 33.5 Å². The third-order valence-corrected chi connectivity index (χ3v) is 5.92. The first-order valence-corrected chi connectivity index (χ1v) is 9.91. The van der Waals surface area contributed by atoms with Crippen LogP contribution in [0.5, 0.6) is 0 Å². The molecule has 26 heavy (non-hydrogen) atoms. The fourth-order valence-electron chi connectivity index (χ4n) is 2.66. The second kappa shape index (κ2) is 7.87. The predicted octanol–water partition coefficient (Wildman–Crippen LogP) is 2.73. The van der Waals surface area contributed by atoms with Crippen LogP contribution in [-0.4, -0.2) is 43.9 Å². The second-order valence-electron chi connectivity index (χ2n) is 5.80. The zero-order chi connectivity index (χ0) is 18.6. The number of nitrogens with zero attached hydrogens (tertiary/aromatic N) is 4. The van der Waals surface area contributed by atoms with E-state index < -0.39 is 10.0 Å². The van der Waals surface area contributed by atoms with E-state index in [1.165, 1.54) is 9.71 Å². The lowest BCUT2D eigenvalue weighted by atomic mass is 10.2. The molecule has 1 aliphatic heterocycles. The summed E-state index contributed by atoms with van der Waals surface area (Å²) in [6.45, 7) is 1.78. The number of benzene rings is 1. The Kier molecular flexibility index (Phi) is 5.57. The normalized spacial score (nSPS) is 15.9. The van der Waals surface area contributed by atoms with E-state index in [1.54, 1.807) is 48.7 Å².